The van der Waals surface area contributed by atoms with Gasteiger partial charge in [0.1, 0.15) is 23.9 Å². The minimum absolute atomic E-state index is 0.0409. The lowest BCUT2D eigenvalue weighted by molar-refractivity contribution is -0.147. The van der Waals surface area contributed by atoms with Crippen LogP contribution in [0.25, 0.3) is 0 Å². The summed E-state index contributed by atoms with van der Waals surface area (Å²) in [5.74, 6) is -4.72. The number of likely N-dealkylation sites (tertiary alicyclic amines) is 1. The van der Waals surface area contributed by atoms with Crippen molar-refractivity contribution in [2.45, 2.75) is 56.3 Å². The Morgan fingerprint density at radius 3 is 2.15 bits per heavy atom. The van der Waals surface area contributed by atoms with Gasteiger partial charge in [-0.2, -0.15) is 0 Å². The zero-order chi connectivity index (χ0) is 28.5. The summed E-state index contributed by atoms with van der Waals surface area (Å²) < 4.78 is 0. The molecule has 1 heterocycles. The van der Waals surface area contributed by atoms with Crippen LogP contribution in [-0.4, -0.2) is 80.6 Å². The van der Waals surface area contributed by atoms with E-state index in [1.807, 2.05) is 0 Å². The predicted molar refractivity (Wildman–Crippen MR) is 138 cm³/mol. The number of benzene rings is 2. The maximum atomic E-state index is 13.3. The fourth-order valence-corrected chi connectivity index (χ4v) is 4.45. The average Bonchev–Trinajstić information content (AvgIpc) is 3.39. The molecule has 0 spiro atoms. The molecule has 1 fully saturated rings. The van der Waals surface area contributed by atoms with Crippen molar-refractivity contribution in [1.29, 1.82) is 0 Å². The zero-order valence-electron chi connectivity index (χ0n) is 21.2. The highest BCUT2D eigenvalue weighted by molar-refractivity contribution is 5.96. The fourth-order valence-electron chi connectivity index (χ4n) is 4.45. The quantitative estimate of drug-likeness (QED) is 0.215. The number of aliphatic carboxylic acids is 2. The number of phenolic OH excluding ortho intramolecular Hbond substituents is 1. The number of amides is 3. The number of carboxylic acids is 2. The molecule has 12 nitrogen and oxygen atoms in total. The third-order valence-corrected chi connectivity index (χ3v) is 6.46. The Morgan fingerprint density at radius 2 is 1.54 bits per heavy atom. The van der Waals surface area contributed by atoms with Crippen LogP contribution in [0.5, 0.6) is 5.75 Å². The number of nitrogens with one attached hydrogen (secondary N) is 2. The van der Waals surface area contributed by atoms with Gasteiger partial charge in [0.25, 0.3) is 0 Å². The number of phenols is 1. The molecule has 0 radical (unpaired) electrons. The van der Waals surface area contributed by atoms with Crippen LogP contribution in [0.3, 0.4) is 0 Å². The van der Waals surface area contributed by atoms with E-state index >= 15 is 0 Å². The lowest BCUT2D eigenvalue weighted by atomic mass is 10.0. The maximum Gasteiger partial charge on any atom is 0.326 e. The van der Waals surface area contributed by atoms with Gasteiger partial charge in [-0.3, -0.25) is 19.2 Å². The van der Waals surface area contributed by atoms with Crippen LogP contribution in [-0.2, 0) is 36.8 Å². The van der Waals surface area contributed by atoms with E-state index in [2.05, 4.69) is 10.6 Å². The Kier molecular flexibility index (Phi) is 9.98. The summed E-state index contributed by atoms with van der Waals surface area (Å²) >= 11 is 0. The van der Waals surface area contributed by atoms with Gasteiger partial charge in [0.15, 0.2) is 0 Å². The van der Waals surface area contributed by atoms with E-state index in [4.69, 9.17) is 5.73 Å². The minimum atomic E-state index is -1.48. The van der Waals surface area contributed by atoms with E-state index in [0.29, 0.717) is 17.5 Å². The molecule has 1 saturated heterocycles. The normalized spacial score (nSPS) is 17.1. The number of carbonyl (C=O) groups excluding carboxylic acids is 3. The molecule has 3 rings (SSSR count). The van der Waals surface area contributed by atoms with Gasteiger partial charge in [-0.1, -0.05) is 42.5 Å². The van der Waals surface area contributed by atoms with Crippen LogP contribution in [0.1, 0.15) is 30.4 Å². The van der Waals surface area contributed by atoms with Crippen molar-refractivity contribution >= 4 is 29.7 Å². The second kappa shape index (κ2) is 13.4. The summed E-state index contributed by atoms with van der Waals surface area (Å²) in [5.41, 5.74) is 7.33. The van der Waals surface area contributed by atoms with Crippen LogP contribution in [0.2, 0.25) is 0 Å². The number of hydrogen-bond acceptors (Lipinski definition) is 7. The molecule has 12 heteroatoms. The smallest absolute Gasteiger partial charge is 0.326 e. The van der Waals surface area contributed by atoms with Gasteiger partial charge in [-0.25, -0.2) is 4.79 Å². The van der Waals surface area contributed by atoms with E-state index in [1.165, 1.54) is 17.0 Å². The summed E-state index contributed by atoms with van der Waals surface area (Å²) in [6, 6.07) is 9.95. The van der Waals surface area contributed by atoms with Gasteiger partial charge in [0.05, 0.1) is 12.5 Å². The summed E-state index contributed by atoms with van der Waals surface area (Å²) in [6.45, 7) is 0.138. The van der Waals surface area contributed by atoms with Crippen molar-refractivity contribution < 1.29 is 39.3 Å². The van der Waals surface area contributed by atoms with E-state index in [1.54, 1.807) is 42.5 Å². The number of hydrogen-bond donors (Lipinski definition) is 6. The molecule has 39 heavy (non-hydrogen) atoms. The van der Waals surface area contributed by atoms with E-state index in [-0.39, 0.29) is 31.6 Å². The van der Waals surface area contributed by atoms with Crippen molar-refractivity contribution in [3.63, 3.8) is 0 Å². The number of rotatable bonds is 12. The lowest BCUT2D eigenvalue weighted by Gasteiger charge is -2.29. The molecule has 4 atom stereocenters. The Labute approximate surface area is 224 Å². The van der Waals surface area contributed by atoms with Gasteiger partial charge in [0.2, 0.25) is 17.7 Å². The van der Waals surface area contributed by atoms with Gasteiger partial charge in [-0.05, 0) is 42.5 Å². The first-order valence-corrected chi connectivity index (χ1v) is 12.5. The van der Waals surface area contributed by atoms with Gasteiger partial charge >= 0.3 is 11.9 Å². The van der Waals surface area contributed by atoms with Crippen LogP contribution in [0.15, 0.2) is 54.6 Å². The standard InChI is InChI=1S/C27H32N4O8/c28-19(13-17-8-10-18(32)11-9-17)24(35)29-20(15-23(33)34)26(37)31-12-4-7-22(31)25(36)30-21(27(38)39)14-16-5-2-1-3-6-16/h1-3,5-6,8-11,19-22,32H,4,7,12-15,28H2,(H,29,35)(H,30,36)(H,33,34)(H,38,39). The van der Waals surface area contributed by atoms with E-state index in [0.717, 1.165) is 0 Å². The summed E-state index contributed by atoms with van der Waals surface area (Å²) in [6.07, 6.45) is 0.0802. The number of nitrogens with zero attached hydrogens (tertiary/aromatic N) is 1. The summed E-state index contributed by atoms with van der Waals surface area (Å²) in [4.78, 5) is 63.6. The molecule has 3 amide bonds. The molecule has 0 saturated carbocycles. The second-order valence-corrected chi connectivity index (χ2v) is 9.41. The number of nitrogens with two attached hydrogens (primary N) is 1. The largest absolute Gasteiger partial charge is 0.508 e. The minimum Gasteiger partial charge on any atom is -0.508 e. The van der Waals surface area contributed by atoms with Crippen LogP contribution < -0.4 is 16.4 Å². The first kappa shape index (κ1) is 29.1. The zero-order valence-corrected chi connectivity index (χ0v) is 21.2. The van der Waals surface area contributed by atoms with Crippen LogP contribution in [0, 0.1) is 0 Å². The molecule has 208 valence electrons. The SMILES string of the molecule is NC(Cc1ccc(O)cc1)C(=O)NC(CC(=O)O)C(=O)N1CCCC1C(=O)NC(Cc1ccccc1)C(=O)O. The van der Waals surface area contributed by atoms with Crippen molar-refractivity contribution in [2.24, 2.45) is 5.73 Å². The molecule has 7 N–H and O–H groups in total. The van der Waals surface area contributed by atoms with Crippen LogP contribution >= 0.6 is 0 Å². The molecule has 4 unspecified atom stereocenters. The molecule has 2 aromatic carbocycles. The maximum absolute atomic E-state index is 13.3. The third kappa shape index (κ3) is 8.27. The number of carbonyl (C=O) groups is 5. The molecule has 1 aliphatic rings. The molecule has 2 aromatic rings. The second-order valence-electron chi connectivity index (χ2n) is 9.41. The average molecular weight is 541 g/mol. The van der Waals surface area contributed by atoms with Crippen LogP contribution in [0.4, 0.5) is 0 Å². The Morgan fingerprint density at radius 1 is 0.897 bits per heavy atom. The number of aromatic hydroxyl groups is 1. The third-order valence-electron chi connectivity index (χ3n) is 6.46. The van der Waals surface area contributed by atoms with Gasteiger partial charge in [-0.15, -0.1) is 0 Å². The molecular formula is C27H32N4O8. The number of carboxylic acid groups (broad SMARTS) is 2. The highest BCUT2D eigenvalue weighted by Gasteiger charge is 2.39. The van der Waals surface area contributed by atoms with Crippen molar-refractivity contribution in [3.05, 3.63) is 65.7 Å². The Balaban J connectivity index is 1.68. The lowest BCUT2D eigenvalue weighted by Crippen LogP contribution is -2.57. The molecule has 0 aliphatic carbocycles. The Bertz CT molecular complexity index is 1190. The van der Waals surface area contributed by atoms with E-state index < -0.39 is 60.2 Å². The first-order chi connectivity index (χ1) is 18.5. The van der Waals surface area contributed by atoms with Crippen molar-refractivity contribution in [1.82, 2.24) is 15.5 Å². The van der Waals surface area contributed by atoms with Gasteiger partial charge < -0.3 is 36.6 Å². The van der Waals surface area contributed by atoms with E-state index in [9.17, 15) is 39.3 Å². The first-order valence-electron chi connectivity index (χ1n) is 12.5. The topological polar surface area (TPSA) is 199 Å². The fraction of sp³-hybridized carbons (Fsp3) is 0.370. The van der Waals surface area contributed by atoms with Gasteiger partial charge in [0, 0.05) is 13.0 Å². The monoisotopic (exact) mass is 540 g/mol. The molecule has 0 aromatic heterocycles. The molecule has 1 aliphatic heterocycles. The molecule has 0 bridgehead atoms. The summed E-state index contributed by atoms with van der Waals surface area (Å²) in [7, 11) is 0. The Hall–Kier alpha value is -4.45. The molecular weight excluding hydrogens is 508 g/mol. The van der Waals surface area contributed by atoms with Crippen molar-refractivity contribution in [2.75, 3.05) is 6.54 Å². The highest BCUT2D eigenvalue weighted by Crippen LogP contribution is 2.20. The summed E-state index contributed by atoms with van der Waals surface area (Å²) in [5, 5.41) is 33.3. The highest BCUT2D eigenvalue weighted by atomic mass is 16.4. The van der Waals surface area contributed by atoms with Crippen molar-refractivity contribution in [3.8, 4) is 5.75 Å². The predicted octanol–water partition coefficient (Wildman–Crippen LogP) is 0.0246.